The van der Waals surface area contributed by atoms with Gasteiger partial charge in [-0.1, -0.05) is 30.3 Å². The van der Waals surface area contributed by atoms with Gasteiger partial charge >= 0.3 is 0 Å². The van der Waals surface area contributed by atoms with Gasteiger partial charge in [-0.05, 0) is 55.9 Å². The third-order valence-electron chi connectivity index (χ3n) is 6.57. The molecule has 3 heterocycles. The van der Waals surface area contributed by atoms with Gasteiger partial charge in [-0.2, -0.15) is 0 Å². The summed E-state index contributed by atoms with van der Waals surface area (Å²) in [5.41, 5.74) is 5.84. The number of amides is 1. The molecular weight excluding hydrogens is 374 g/mol. The molecule has 1 saturated heterocycles. The lowest BCUT2D eigenvalue weighted by molar-refractivity contribution is 0.0707. The van der Waals surface area contributed by atoms with Crippen LogP contribution in [0.1, 0.15) is 52.7 Å². The molecule has 0 saturated carbocycles. The van der Waals surface area contributed by atoms with Crippen LogP contribution < -0.4 is 0 Å². The summed E-state index contributed by atoms with van der Waals surface area (Å²) in [6.45, 7) is 1.46. The van der Waals surface area contributed by atoms with E-state index in [0.717, 1.165) is 84.3 Å². The van der Waals surface area contributed by atoms with Crippen molar-refractivity contribution >= 4 is 27.9 Å². The number of aryl methyl sites for hydroxylation is 1. The minimum Gasteiger partial charge on any atom is -0.440 e. The van der Waals surface area contributed by atoms with Crippen molar-refractivity contribution in [1.82, 2.24) is 14.9 Å². The molecule has 0 spiro atoms. The van der Waals surface area contributed by atoms with Crippen LogP contribution in [0.15, 0.2) is 52.9 Å². The maximum Gasteiger partial charge on any atom is 0.254 e. The van der Waals surface area contributed by atoms with Crippen LogP contribution in [-0.4, -0.2) is 33.9 Å². The summed E-state index contributed by atoms with van der Waals surface area (Å²) in [6.07, 6.45) is 4.76. The molecule has 5 heteroatoms. The van der Waals surface area contributed by atoms with E-state index in [2.05, 4.69) is 4.98 Å². The highest BCUT2D eigenvalue weighted by Crippen LogP contribution is 2.34. The fourth-order valence-corrected chi connectivity index (χ4v) is 5.01. The summed E-state index contributed by atoms with van der Waals surface area (Å²) < 4.78 is 5.98. The number of pyridine rings is 1. The highest BCUT2D eigenvalue weighted by molar-refractivity contribution is 6.07. The molecule has 4 aromatic rings. The quantitative estimate of drug-likeness (QED) is 0.483. The summed E-state index contributed by atoms with van der Waals surface area (Å²) in [7, 11) is 0. The predicted molar refractivity (Wildman–Crippen MR) is 116 cm³/mol. The van der Waals surface area contributed by atoms with Crippen LogP contribution in [0.3, 0.4) is 0 Å². The number of rotatable bonds is 2. The second kappa shape index (κ2) is 6.94. The number of carbonyl (C=O) groups excluding carboxylic acids is 1. The number of hydrogen-bond acceptors (Lipinski definition) is 4. The zero-order chi connectivity index (χ0) is 20.1. The van der Waals surface area contributed by atoms with E-state index < -0.39 is 0 Å². The van der Waals surface area contributed by atoms with Crippen LogP contribution in [-0.2, 0) is 12.8 Å². The van der Waals surface area contributed by atoms with E-state index in [4.69, 9.17) is 9.40 Å². The van der Waals surface area contributed by atoms with Crippen molar-refractivity contribution in [3.05, 3.63) is 71.2 Å². The van der Waals surface area contributed by atoms with Gasteiger partial charge in [-0.15, -0.1) is 0 Å². The number of likely N-dealkylation sites (tertiary alicyclic amines) is 1. The van der Waals surface area contributed by atoms with Crippen molar-refractivity contribution in [1.29, 1.82) is 0 Å². The van der Waals surface area contributed by atoms with E-state index in [1.165, 1.54) is 5.56 Å². The van der Waals surface area contributed by atoms with Crippen molar-refractivity contribution in [2.45, 2.75) is 38.0 Å². The summed E-state index contributed by atoms with van der Waals surface area (Å²) in [5, 5.41) is 0.990. The van der Waals surface area contributed by atoms with Gasteiger partial charge in [0, 0.05) is 30.1 Å². The fraction of sp³-hybridized carbons (Fsp3) is 0.320. The minimum absolute atomic E-state index is 0.155. The zero-order valence-corrected chi connectivity index (χ0v) is 16.8. The topological polar surface area (TPSA) is 59.2 Å². The van der Waals surface area contributed by atoms with Crippen molar-refractivity contribution in [3.8, 4) is 0 Å². The number of aromatic nitrogens is 2. The Hall–Kier alpha value is -3.21. The van der Waals surface area contributed by atoms with Crippen LogP contribution in [0.2, 0.25) is 0 Å². The number of oxazole rings is 1. The molecule has 0 radical (unpaired) electrons. The lowest BCUT2D eigenvalue weighted by Gasteiger charge is -2.31. The van der Waals surface area contributed by atoms with Crippen molar-refractivity contribution in [3.63, 3.8) is 0 Å². The van der Waals surface area contributed by atoms with E-state index >= 15 is 0 Å². The van der Waals surface area contributed by atoms with Crippen molar-refractivity contribution < 1.29 is 9.21 Å². The maximum atomic E-state index is 13.6. The molecule has 5 nitrogen and oxygen atoms in total. The molecule has 0 bridgehead atoms. The van der Waals surface area contributed by atoms with Crippen LogP contribution in [0, 0.1) is 0 Å². The normalized spacial score (nSPS) is 17.0. The van der Waals surface area contributed by atoms with Gasteiger partial charge in [0.15, 0.2) is 11.5 Å². The number of hydrogen-bond donors (Lipinski definition) is 0. The number of benzene rings is 2. The number of para-hydroxylation sites is 3. The molecule has 2 aliphatic rings. The summed E-state index contributed by atoms with van der Waals surface area (Å²) >= 11 is 0. The number of nitrogens with zero attached hydrogens (tertiary/aromatic N) is 3. The Morgan fingerprint density at radius 1 is 0.933 bits per heavy atom. The van der Waals surface area contributed by atoms with Gasteiger partial charge in [0.2, 0.25) is 0 Å². The molecule has 0 atom stereocenters. The monoisotopic (exact) mass is 397 g/mol. The lowest BCUT2D eigenvalue weighted by Crippen LogP contribution is -2.38. The Balaban J connectivity index is 1.27. The molecule has 1 aliphatic carbocycles. The SMILES string of the molecule is O=C(c1c2c(nc3ccccc13)CCC2)N1CCC(c2nc3ccccc3o2)CC1. The molecule has 150 valence electrons. The third kappa shape index (κ3) is 2.80. The lowest BCUT2D eigenvalue weighted by atomic mass is 9.94. The third-order valence-corrected chi connectivity index (χ3v) is 6.57. The molecule has 6 rings (SSSR count). The van der Waals surface area contributed by atoms with Crippen LogP contribution in [0.5, 0.6) is 0 Å². The first-order valence-electron chi connectivity index (χ1n) is 10.8. The summed E-state index contributed by atoms with van der Waals surface area (Å²) in [6, 6.07) is 15.9. The van der Waals surface area contributed by atoms with E-state index in [1.807, 2.05) is 53.4 Å². The smallest absolute Gasteiger partial charge is 0.254 e. The van der Waals surface area contributed by atoms with Gasteiger partial charge in [-0.3, -0.25) is 9.78 Å². The van der Waals surface area contributed by atoms with Gasteiger partial charge in [0.25, 0.3) is 5.91 Å². The zero-order valence-electron chi connectivity index (χ0n) is 16.8. The molecule has 30 heavy (non-hydrogen) atoms. The van der Waals surface area contributed by atoms with Crippen molar-refractivity contribution in [2.24, 2.45) is 0 Å². The number of piperidine rings is 1. The standard InChI is InChI=1S/C25H23N3O2/c29-25(23-17-6-1-2-8-19(17)26-20-10-5-7-18(20)23)28-14-12-16(13-15-28)24-27-21-9-3-4-11-22(21)30-24/h1-4,6,8-9,11,16H,5,7,10,12-15H2. The molecule has 0 N–H and O–H groups in total. The van der Waals surface area contributed by atoms with E-state index in [-0.39, 0.29) is 11.8 Å². The van der Waals surface area contributed by atoms with E-state index in [1.54, 1.807) is 0 Å². The molecule has 1 aliphatic heterocycles. The highest BCUT2D eigenvalue weighted by Gasteiger charge is 2.31. The summed E-state index contributed by atoms with van der Waals surface area (Å²) in [4.78, 5) is 25.1. The average molecular weight is 397 g/mol. The first-order chi connectivity index (χ1) is 14.8. The maximum absolute atomic E-state index is 13.6. The largest absolute Gasteiger partial charge is 0.440 e. The van der Waals surface area contributed by atoms with E-state index in [0.29, 0.717) is 0 Å². The molecular formula is C25H23N3O2. The first-order valence-corrected chi connectivity index (χ1v) is 10.8. The molecule has 2 aromatic heterocycles. The Labute approximate surface area is 174 Å². The summed E-state index contributed by atoms with van der Waals surface area (Å²) in [5.74, 6) is 1.22. The van der Waals surface area contributed by atoms with Gasteiger partial charge in [-0.25, -0.2) is 4.98 Å². The van der Waals surface area contributed by atoms with Crippen LogP contribution >= 0.6 is 0 Å². The molecule has 0 unspecified atom stereocenters. The fourth-order valence-electron chi connectivity index (χ4n) is 5.01. The van der Waals surface area contributed by atoms with Crippen LogP contribution in [0.25, 0.3) is 22.0 Å². The number of carbonyl (C=O) groups is 1. The Kier molecular flexibility index (Phi) is 4.08. The predicted octanol–water partition coefficient (Wildman–Crippen LogP) is 4.88. The van der Waals surface area contributed by atoms with Gasteiger partial charge < -0.3 is 9.32 Å². The minimum atomic E-state index is 0.155. The van der Waals surface area contributed by atoms with Gasteiger partial charge in [0.05, 0.1) is 11.1 Å². The Morgan fingerprint density at radius 3 is 2.53 bits per heavy atom. The second-order valence-corrected chi connectivity index (χ2v) is 8.37. The van der Waals surface area contributed by atoms with Gasteiger partial charge in [0.1, 0.15) is 5.52 Å². The Morgan fingerprint density at radius 2 is 1.70 bits per heavy atom. The van der Waals surface area contributed by atoms with E-state index in [9.17, 15) is 4.79 Å². The average Bonchev–Trinajstić information content (AvgIpc) is 3.44. The number of fused-ring (bicyclic) bond motifs is 3. The second-order valence-electron chi connectivity index (χ2n) is 8.37. The molecule has 1 fully saturated rings. The highest BCUT2D eigenvalue weighted by atomic mass is 16.3. The Bertz CT molecular complexity index is 1240. The molecule has 2 aromatic carbocycles. The first kappa shape index (κ1) is 17.6. The van der Waals surface area contributed by atoms with Crippen molar-refractivity contribution in [2.75, 3.05) is 13.1 Å². The van der Waals surface area contributed by atoms with Crippen LogP contribution in [0.4, 0.5) is 0 Å². The molecule has 1 amide bonds.